The summed E-state index contributed by atoms with van der Waals surface area (Å²) in [5.74, 6) is -0.654. The van der Waals surface area contributed by atoms with E-state index in [1.54, 1.807) is 10.9 Å². The lowest BCUT2D eigenvalue weighted by atomic mass is 10.1. The van der Waals surface area contributed by atoms with Gasteiger partial charge in [-0.1, -0.05) is 0 Å². The standard InChI is InChI=1S/C17H20F3N5O2/c1-12-15(8-13(9-21-12)17(18,19)20)16(26)23-14-10-22-25(11-14)3-2-24-4-6-27-7-5-24/h8-11H,2-7H2,1H3,(H,23,26). The van der Waals surface area contributed by atoms with Crippen molar-refractivity contribution in [3.05, 3.63) is 41.5 Å². The zero-order chi connectivity index (χ0) is 19.4. The van der Waals surface area contributed by atoms with E-state index in [1.807, 2.05) is 0 Å². The number of pyridine rings is 1. The van der Waals surface area contributed by atoms with Crippen LogP contribution in [-0.4, -0.2) is 58.4 Å². The molecule has 3 heterocycles. The molecule has 0 unspecified atom stereocenters. The normalized spacial score (nSPS) is 15.7. The molecule has 2 aromatic rings. The van der Waals surface area contributed by atoms with E-state index in [1.165, 1.54) is 13.1 Å². The fourth-order valence-electron chi connectivity index (χ4n) is 2.74. The van der Waals surface area contributed by atoms with E-state index in [0.717, 1.165) is 31.9 Å². The van der Waals surface area contributed by atoms with Gasteiger partial charge in [-0.2, -0.15) is 18.3 Å². The third kappa shape index (κ3) is 5.04. The Labute approximate surface area is 154 Å². The van der Waals surface area contributed by atoms with Crippen LogP contribution in [0.25, 0.3) is 0 Å². The van der Waals surface area contributed by atoms with Gasteiger partial charge in [0, 0.05) is 32.0 Å². The van der Waals surface area contributed by atoms with Crippen LogP contribution in [0.3, 0.4) is 0 Å². The molecule has 1 aliphatic rings. The highest BCUT2D eigenvalue weighted by Crippen LogP contribution is 2.29. The molecule has 0 saturated carbocycles. The highest BCUT2D eigenvalue weighted by atomic mass is 19.4. The van der Waals surface area contributed by atoms with Crippen molar-refractivity contribution >= 4 is 11.6 Å². The lowest BCUT2D eigenvalue weighted by molar-refractivity contribution is -0.137. The van der Waals surface area contributed by atoms with Gasteiger partial charge in [-0.3, -0.25) is 19.4 Å². The average molecular weight is 383 g/mol. The van der Waals surface area contributed by atoms with Crippen LogP contribution in [0, 0.1) is 6.92 Å². The molecule has 1 aliphatic heterocycles. The van der Waals surface area contributed by atoms with Gasteiger partial charge in [0.25, 0.3) is 5.91 Å². The molecule has 0 atom stereocenters. The van der Waals surface area contributed by atoms with Gasteiger partial charge < -0.3 is 10.1 Å². The zero-order valence-electron chi connectivity index (χ0n) is 14.8. The first-order valence-electron chi connectivity index (χ1n) is 8.50. The summed E-state index contributed by atoms with van der Waals surface area (Å²) < 4.78 is 45.5. The Hall–Kier alpha value is -2.46. The van der Waals surface area contributed by atoms with Gasteiger partial charge in [0.2, 0.25) is 0 Å². The minimum Gasteiger partial charge on any atom is -0.379 e. The molecular formula is C17H20F3N5O2. The van der Waals surface area contributed by atoms with Crippen molar-refractivity contribution in [2.75, 3.05) is 38.2 Å². The molecule has 1 saturated heterocycles. The van der Waals surface area contributed by atoms with Gasteiger partial charge in [0.1, 0.15) is 0 Å². The first kappa shape index (κ1) is 19.3. The zero-order valence-corrected chi connectivity index (χ0v) is 14.8. The van der Waals surface area contributed by atoms with E-state index < -0.39 is 17.6 Å². The van der Waals surface area contributed by atoms with E-state index in [-0.39, 0.29) is 11.3 Å². The lowest BCUT2D eigenvalue weighted by Crippen LogP contribution is -2.38. The second kappa shape index (κ2) is 8.05. The summed E-state index contributed by atoms with van der Waals surface area (Å²) in [6.45, 7) is 6.09. The molecule has 1 fully saturated rings. The van der Waals surface area contributed by atoms with Crippen molar-refractivity contribution < 1.29 is 22.7 Å². The van der Waals surface area contributed by atoms with Gasteiger partial charge in [-0.15, -0.1) is 0 Å². The van der Waals surface area contributed by atoms with Crippen LogP contribution in [0.4, 0.5) is 18.9 Å². The molecule has 0 aromatic carbocycles. The van der Waals surface area contributed by atoms with Gasteiger partial charge in [0.05, 0.1) is 48.5 Å². The van der Waals surface area contributed by atoms with Gasteiger partial charge in [0.15, 0.2) is 0 Å². The maximum absolute atomic E-state index is 12.8. The molecule has 3 rings (SSSR count). The van der Waals surface area contributed by atoms with E-state index in [2.05, 4.69) is 20.3 Å². The van der Waals surface area contributed by atoms with Crippen molar-refractivity contribution in [1.82, 2.24) is 19.7 Å². The summed E-state index contributed by atoms with van der Waals surface area (Å²) in [5, 5.41) is 6.75. The van der Waals surface area contributed by atoms with Gasteiger partial charge in [-0.05, 0) is 13.0 Å². The monoisotopic (exact) mass is 383 g/mol. The number of hydrogen-bond acceptors (Lipinski definition) is 5. The van der Waals surface area contributed by atoms with E-state index in [4.69, 9.17) is 4.74 Å². The number of amides is 1. The number of nitrogens with one attached hydrogen (secondary N) is 1. The van der Waals surface area contributed by atoms with Gasteiger partial charge in [-0.25, -0.2) is 0 Å². The summed E-state index contributed by atoms with van der Waals surface area (Å²) in [6, 6.07) is 0.806. The number of hydrogen-bond donors (Lipinski definition) is 1. The fourth-order valence-corrected chi connectivity index (χ4v) is 2.74. The van der Waals surface area contributed by atoms with Crippen LogP contribution in [0.2, 0.25) is 0 Å². The van der Waals surface area contributed by atoms with Crippen molar-refractivity contribution in [3.63, 3.8) is 0 Å². The maximum atomic E-state index is 12.8. The summed E-state index contributed by atoms with van der Waals surface area (Å²) in [7, 11) is 0. The predicted octanol–water partition coefficient (Wildman–Crippen LogP) is 2.19. The molecule has 0 bridgehead atoms. The topological polar surface area (TPSA) is 72.3 Å². The predicted molar refractivity (Wildman–Crippen MR) is 91.4 cm³/mol. The smallest absolute Gasteiger partial charge is 0.379 e. The van der Waals surface area contributed by atoms with E-state index >= 15 is 0 Å². The van der Waals surface area contributed by atoms with Crippen molar-refractivity contribution in [3.8, 4) is 0 Å². The largest absolute Gasteiger partial charge is 0.417 e. The minimum atomic E-state index is -4.56. The highest BCUT2D eigenvalue weighted by molar-refractivity contribution is 6.04. The highest BCUT2D eigenvalue weighted by Gasteiger charge is 2.32. The Morgan fingerprint density at radius 2 is 2.00 bits per heavy atom. The van der Waals surface area contributed by atoms with Crippen LogP contribution >= 0.6 is 0 Å². The minimum absolute atomic E-state index is 0.120. The molecule has 1 N–H and O–H groups in total. The average Bonchev–Trinajstić information content (AvgIpc) is 3.07. The molecule has 7 nitrogen and oxygen atoms in total. The first-order valence-corrected chi connectivity index (χ1v) is 8.50. The second-order valence-corrected chi connectivity index (χ2v) is 6.25. The van der Waals surface area contributed by atoms with E-state index in [9.17, 15) is 18.0 Å². The number of morpholine rings is 1. The Bertz CT molecular complexity index is 800. The number of nitrogens with zero attached hydrogens (tertiary/aromatic N) is 4. The molecule has 0 radical (unpaired) electrons. The number of carbonyl (C=O) groups excluding carboxylic acids is 1. The molecule has 1 amide bonds. The van der Waals surface area contributed by atoms with Crippen LogP contribution in [-0.2, 0) is 17.5 Å². The number of aromatic nitrogens is 3. The maximum Gasteiger partial charge on any atom is 0.417 e. The lowest BCUT2D eigenvalue weighted by Gasteiger charge is -2.26. The summed E-state index contributed by atoms with van der Waals surface area (Å²) in [4.78, 5) is 18.3. The van der Waals surface area contributed by atoms with Crippen molar-refractivity contribution in [1.29, 1.82) is 0 Å². The number of alkyl halides is 3. The third-order valence-electron chi connectivity index (χ3n) is 4.30. The van der Waals surface area contributed by atoms with E-state index in [0.29, 0.717) is 25.4 Å². The molecule has 27 heavy (non-hydrogen) atoms. The van der Waals surface area contributed by atoms with Gasteiger partial charge >= 0.3 is 6.18 Å². The molecule has 146 valence electrons. The SMILES string of the molecule is Cc1ncc(C(F)(F)F)cc1C(=O)Nc1cnn(CCN2CCOCC2)c1. The molecule has 2 aromatic heterocycles. The number of ether oxygens (including phenoxy) is 1. The number of carbonyl (C=O) groups is 1. The van der Waals surface area contributed by atoms with Crippen LogP contribution in [0.1, 0.15) is 21.6 Å². The van der Waals surface area contributed by atoms with Crippen LogP contribution in [0.15, 0.2) is 24.7 Å². The number of halogens is 3. The molecule has 0 spiro atoms. The molecule has 10 heteroatoms. The third-order valence-corrected chi connectivity index (χ3v) is 4.30. The molecular weight excluding hydrogens is 363 g/mol. The Kier molecular flexibility index (Phi) is 5.76. The van der Waals surface area contributed by atoms with Crippen molar-refractivity contribution in [2.45, 2.75) is 19.6 Å². The summed E-state index contributed by atoms with van der Waals surface area (Å²) in [6.07, 6.45) is -0.724. The Balaban J connectivity index is 1.62. The summed E-state index contributed by atoms with van der Waals surface area (Å²) >= 11 is 0. The first-order chi connectivity index (χ1) is 12.8. The number of rotatable bonds is 5. The second-order valence-electron chi connectivity index (χ2n) is 6.25. The number of aryl methyl sites for hydroxylation is 1. The Morgan fingerprint density at radius 1 is 1.26 bits per heavy atom. The fraction of sp³-hybridized carbons (Fsp3) is 0.471. The molecule has 0 aliphatic carbocycles. The summed E-state index contributed by atoms with van der Waals surface area (Å²) in [5.41, 5.74) is -0.440. The number of anilines is 1. The van der Waals surface area contributed by atoms with Crippen LogP contribution in [0.5, 0.6) is 0 Å². The van der Waals surface area contributed by atoms with Crippen LogP contribution < -0.4 is 5.32 Å². The quantitative estimate of drug-likeness (QED) is 0.857. The van der Waals surface area contributed by atoms with Crippen molar-refractivity contribution in [2.24, 2.45) is 0 Å². The Morgan fingerprint density at radius 3 is 2.70 bits per heavy atom.